The molecular formula is C17H20Cl2N2O2. The summed E-state index contributed by atoms with van der Waals surface area (Å²) in [7, 11) is 0. The van der Waals surface area contributed by atoms with E-state index in [1.54, 1.807) is 30.3 Å². The lowest BCUT2D eigenvalue weighted by molar-refractivity contribution is 0.136. The first-order valence-electron chi connectivity index (χ1n) is 7.33. The molecule has 5 N–H and O–H groups in total. The second-order valence-electron chi connectivity index (χ2n) is 5.47. The van der Waals surface area contributed by atoms with Crippen molar-refractivity contribution >= 4 is 28.9 Å². The number of hydrogen-bond acceptors (Lipinski definition) is 4. The van der Waals surface area contributed by atoms with E-state index < -0.39 is 6.10 Å². The molecule has 0 aliphatic rings. The molecule has 2 aromatic rings. The van der Waals surface area contributed by atoms with Crippen LogP contribution < -0.4 is 11.1 Å². The number of rotatable bonds is 6. The highest BCUT2D eigenvalue weighted by Crippen LogP contribution is 2.31. The van der Waals surface area contributed by atoms with Crippen molar-refractivity contribution in [3.63, 3.8) is 0 Å². The third-order valence-corrected chi connectivity index (χ3v) is 4.70. The van der Waals surface area contributed by atoms with Gasteiger partial charge in [-0.2, -0.15) is 0 Å². The second-order valence-corrected chi connectivity index (χ2v) is 6.23. The summed E-state index contributed by atoms with van der Waals surface area (Å²) in [5, 5.41) is 23.7. The number of anilines is 1. The van der Waals surface area contributed by atoms with Gasteiger partial charge in [-0.15, -0.1) is 0 Å². The molecule has 0 bridgehead atoms. The summed E-state index contributed by atoms with van der Waals surface area (Å²) in [5.74, 6) is 0.177. The van der Waals surface area contributed by atoms with E-state index in [4.69, 9.17) is 28.9 Å². The number of nitrogens with one attached hydrogen (secondary N) is 1. The highest BCUT2D eigenvalue weighted by molar-refractivity contribution is 6.44. The largest absolute Gasteiger partial charge is 0.508 e. The summed E-state index contributed by atoms with van der Waals surface area (Å²) in [4.78, 5) is 0. The van der Waals surface area contributed by atoms with E-state index in [0.717, 1.165) is 11.1 Å². The van der Waals surface area contributed by atoms with Crippen LogP contribution in [-0.4, -0.2) is 22.8 Å². The van der Waals surface area contributed by atoms with Gasteiger partial charge in [-0.25, -0.2) is 0 Å². The van der Waals surface area contributed by atoms with Crippen molar-refractivity contribution in [3.8, 4) is 5.75 Å². The highest BCUT2D eigenvalue weighted by Gasteiger charge is 2.16. The highest BCUT2D eigenvalue weighted by atomic mass is 35.5. The zero-order chi connectivity index (χ0) is 17.0. The Labute approximate surface area is 145 Å². The van der Waals surface area contributed by atoms with Crippen LogP contribution in [0.1, 0.15) is 24.2 Å². The fraction of sp³-hybridized carbons (Fsp3) is 0.294. The van der Waals surface area contributed by atoms with Gasteiger partial charge in [0.25, 0.3) is 0 Å². The fourth-order valence-corrected chi connectivity index (χ4v) is 2.75. The Balaban J connectivity index is 1.91. The zero-order valence-electron chi connectivity index (χ0n) is 12.8. The average Bonchev–Trinajstić information content (AvgIpc) is 2.54. The maximum atomic E-state index is 10.3. The Hall–Kier alpha value is -1.46. The predicted octanol–water partition coefficient (Wildman–Crippen LogP) is 3.54. The maximum Gasteiger partial charge on any atom is 0.115 e. The molecule has 0 saturated carbocycles. The molecule has 0 amide bonds. The van der Waals surface area contributed by atoms with Crippen LogP contribution in [0.5, 0.6) is 5.75 Å². The van der Waals surface area contributed by atoms with Gasteiger partial charge in [0.1, 0.15) is 5.75 Å². The van der Waals surface area contributed by atoms with Crippen molar-refractivity contribution in [2.45, 2.75) is 25.5 Å². The van der Waals surface area contributed by atoms with Gasteiger partial charge in [0, 0.05) is 6.04 Å². The van der Waals surface area contributed by atoms with E-state index in [1.165, 1.54) is 0 Å². The summed E-state index contributed by atoms with van der Waals surface area (Å²) in [5.41, 5.74) is 7.81. The molecule has 0 radical (unpaired) electrons. The van der Waals surface area contributed by atoms with Gasteiger partial charge in [-0.05, 0) is 49.2 Å². The number of aliphatic hydroxyl groups is 1. The Morgan fingerprint density at radius 2 is 1.74 bits per heavy atom. The van der Waals surface area contributed by atoms with E-state index in [-0.39, 0.29) is 11.8 Å². The van der Waals surface area contributed by atoms with Crippen LogP contribution in [-0.2, 0) is 6.42 Å². The number of phenolic OH excluding ortho intramolecular Hbond substituents is 1. The number of hydrogen-bond donors (Lipinski definition) is 4. The predicted molar refractivity (Wildman–Crippen MR) is 95.1 cm³/mol. The quantitative estimate of drug-likeness (QED) is 0.598. The Morgan fingerprint density at radius 1 is 1.09 bits per heavy atom. The van der Waals surface area contributed by atoms with E-state index >= 15 is 0 Å². The summed E-state index contributed by atoms with van der Waals surface area (Å²) < 4.78 is 0. The molecular weight excluding hydrogens is 335 g/mol. The number of benzene rings is 2. The third kappa shape index (κ3) is 4.52. The summed E-state index contributed by atoms with van der Waals surface area (Å²) >= 11 is 12.2. The standard InChI is InChI=1S/C17H20Cl2N2O2/c1-10(17(23)12-2-5-13(22)6-3-12)21-9-8-11-4-7-14(20)16(19)15(11)18/h2-7,10,17,21-23H,8-9,20H2,1H3/t10-,17-/m0/s1. The molecule has 2 rings (SSSR count). The van der Waals surface area contributed by atoms with Crippen molar-refractivity contribution in [3.05, 3.63) is 57.6 Å². The van der Waals surface area contributed by atoms with Crippen LogP contribution in [0.4, 0.5) is 5.69 Å². The van der Waals surface area contributed by atoms with Crippen LogP contribution in [0, 0.1) is 0 Å². The Morgan fingerprint density at radius 3 is 2.39 bits per heavy atom. The Kier molecular flexibility index (Phi) is 6.13. The van der Waals surface area contributed by atoms with Gasteiger partial charge in [0.15, 0.2) is 0 Å². The fourth-order valence-electron chi connectivity index (χ4n) is 2.30. The number of halogens is 2. The maximum absolute atomic E-state index is 10.3. The van der Waals surface area contributed by atoms with Crippen LogP contribution in [0.15, 0.2) is 36.4 Å². The van der Waals surface area contributed by atoms with Crippen LogP contribution >= 0.6 is 23.2 Å². The molecule has 2 atom stereocenters. The minimum Gasteiger partial charge on any atom is -0.508 e. The van der Waals surface area contributed by atoms with Crippen molar-refractivity contribution in [2.75, 3.05) is 12.3 Å². The smallest absolute Gasteiger partial charge is 0.115 e. The van der Waals surface area contributed by atoms with Gasteiger partial charge in [0.05, 0.1) is 21.8 Å². The van der Waals surface area contributed by atoms with Crippen molar-refractivity contribution in [1.82, 2.24) is 5.32 Å². The van der Waals surface area contributed by atoms with Crippen molar-refractivity contribution in [1.29, 1.82) is 0 Å². The molecule has 124 valence electrons. The molecule has 6 heteroatoms. The van der Waals surface area contributed by atoms with Gasteiger partial charge >= 0.3 is 0 Å². The lowest BCUT2D eigenvalue weighted by atomic mass is 10.0. The summed E-state index contributed by atoms with van der Waals surface area (Å²) in [6.45, 7) is 2.53. The second kappa shape index (κ2) is 7.88. The molecule has 0 heterocycles. The molecule has 0 fully saturated rings. The van der Waals surface area contributed by atoms with E-state index in [2.05, 4.69) is 5.32 Å². The minimum atomic E-state index is -0.666. The molecule has 23 heavy (non-hydrogen) atoms. The number of aromatic hydroxyl groups is 1. The van der Waals surface area contributed by atoms with Gasteiger partial charge in [0.2, 0.25) is 0 Å². The molecule has 0 aliphatic carbocycles. The minimum absolute atomic E-state index is 0.150. The lowest BCUT2D eigenvalue weighted by Gasteiger charge is -2.21. The molecule has 0 unspecified atom stereocenters. The first kappa shape index (κ1) is 17.9. The third-order valence-electron chi connectivity index (χ3n) is 3.76. The number of nitrogen functional groups attached to an aromatic ring is 1. The van der Waals surface area contributed by atoms with Crippen LogP contribution in [0.2, 0.25) is 10.0 Å². The van der Waals surface area contributed by atoms with Gasteiger partial charge in [-0.3, -0.25) is 0 Å². The zero-order valence-corrected chi connectivity index (χ0v) is 14.3. The average molecular weight is 355 g/mol. The molecule has 0 saturated heterocycles. The van der Waals surface area contributed by atoms with Crippen molar-refractivity contribution in [2.24, 2.45) is 0 Å². The molecule has 2 aromatic carbocycles. The molecule has 0 aromatic heterocycles. The van der Waals surface area contributed by atoms with Crippen LogP contribution in [0.3, 0.4) is 0 Å². The van der Waals surface area contributed by atoms with E-state index in [0.29, 0.717) is 28.7 Å². The van der Waals surface area contributed by atoms with E-state index in [9.17, 15) is 10.2 Å². The number of phenols is 1. The Bertz CT molecular complexity index is 662. The number of nitrogens with two attached hydrogens (primary N) is 1. The van der Waals surface area contributed by atoms with E-state index in [1.807, 2.05) is 13.0 Å². The summed E-state index contributed by atoms with van der Waals surface area (Å²) in [6.07, 6.45) is 0.00643. The molecule has 0 spiro atoms. The van der Waals surface area contributed by atoms with Gasteiger partial charge in [-0.1, -0.05) is 41.4 Å². The topological polar surface area (TPSA) is 78.5 Å². The first-order valence-corrected chi connectivity index (χ1v) is 8.08. The monoisotopic (exact) mass is 354 g/mol. The van der Waals surface area contributed by atoms with Gasteiger partial charge < -0.3 is 21.3 Å². The lowest BCUT2D eigenvalue weighted by Crippen LogP contribution is -2.33. The molecule has 4 nitrogen and oxygen atoms in total. The van der Waals surface area contributed by atoms with Crippen molar-refractivity contribution < 1.29 is 10.2 Å². The van der Waals surface area contributed by atoms with Crippen LogP contribution in [0.25, 0.3) is 0 Å². The first-order chi connectivity index (χ1) is 10.9. The SMILES string of the molecule is C[C@H](NCCc1ccc(N)c(Cl)c1Cl)[C@H](O)c1ccc(O)cc1. The summed E-state index contributed by atoms with van der Waals surface area (Å²) in [6, 6.07) is 9.96. The molecule has 0 aliphatic heterocycles. The number of aliphatic hydroxyl groups excluding tert-OH is 1. The normalized spacial score (nSPS) is 13.7.